The zero-order valence-corrected chi connectivity index (χ0v) is 11.0. The molecule has 0 spiro atoms. The summed E-state index contributed by atoms with van der Waals surface area (Å²) in [7, 11) is 0. The lowest BCUT2D eigenvalue weighted by Gasteiger charge is -2.01. The lowest BCUT2D eigenvalue weighted by molar-refractivity contribution is -0.141. The third-order valence-corrected chi connectivity index (χ3v) is 2.55. The molecule has 0 aliphatic carbocycles. The molecule has 19 heavy (non-hydrogen) atoms. The maximum Gasteiger partial charge on any atom is 0.335 e. The van der Waals surface area contributed by atoms with Crippen LogP contribution in [0.25, 0.3) is 0 Å². The van der Waals surface area contributed by atoms with Crippen LogP contribution < -0.4 is 4.74 Å². The summed E-state index contributed by atoms with van der Waals surface area (Å²) < 4.78 is 9.68. The summed E-state index contributed by atoms with van der Waals surface area (Å²) >= 11 is 0. The molecule has 1 aromatic rings. The van der Waals surface area contributed by atoms with Gasteiger partial charge in [0.2, 0.25) is 0 Å². The Bertz CT molecular complexity index is 425. The van der Waals surface area contributed by atoms with Gasteiger partial charge < -0.3 is 9.47 Å². The summed E-state index contributed by atoms with van der Waals surface area (Å²) in [6.45, 7) is 5.31. The van der Waals surface area contributed by atoms with Crippen molar-refractivity contribution in [2.75, 3.05) is 0 Å². The van der Waals surface area contributed by atoms with Crippen molar-refractivity contribution in [3.63, 3.8) is 0 Å². The Kier molecular flexibility index (Phi) is 6.36. The quantitative estimate of drug-likeness (QED) is 0.477. The number of cyclic esters (lactones) is 1. The maximum atomic E-state index is 10.6. The predicted octanol–water partition coefficient (Wildman–Crippen LogP) is 2.88. The molecule has 0 radical (unpaired) electrons. The molecular formula is C15H18O4. The van der Waals surface area contributed by atoms with Crippen molar-refractivity contribution >= 4 is 11.9 Å². The molecule has 1 aromatic carbocycles. The Hall–Kier alpha value is -2.10. The van der Waals surface area contributed by atoms with Gasteiger partial charge in [0, 0.05) is 12.5 Å². The summed E-state index contributed by atoms with van der Waals surface area (Å²) in [4.78, 5) is 21.0. The van der Waals surface area contributed by atoms with Gasteiger partial charge in [-0.2, -0.15) is 0 Å². The Morgan fingerprint density at radius 3 is 2.58 bits per heavy atom. The van der Waals surface area contributed by atoms with E-state index >= 15 is 0 Å². The third kappa shape index (κ3) is 5.86. The van der Waals surface area contributed by atoms with E-state index in [1.54, 1.807) is 24.3 Å². The standard InChI is InChI=1S/C9H8O2.C6H10O2/c1-2-9(10)11-8-6-4-3-5-7-8;1-2-5-3-4-6(7)8-5/h2-7H,1H2;5H,2-4H2,1H3. The zero-order chi connectivity index (χ0) is 14.1. The van der Waals surface area contributed by atoms with E-state index in [-0.39, 0.29) is 12.1 Å². The van der Waals surface area contributed by atoms with Crippen molar-refractivity contribution < 1.29 is 19.1 Å². The second-order valence-electron chi connectivity index (χ2n) is 4.00. The summed E-state index contributed by atoms with van der Waals surface area (Å²) in [5.41, 5.74) is 0. The number of benzene rings is 1. The molecule has 1 aliphatic rings. The molecule has 0 N–H and O–H groups in total. The van der Waals surface area contributed by atoms with Crippen molar-refractivity contribution in [3.05, 3.63) is 43.0 Å². The number of hydrogen-bond donors (Lipinski definition) is 0. The highest BCUT2D eigenvalue weighted by Gasteiger charge is 2.20. The molecule has 1 aliphatic heterocycles. The molecule has 102 valence electrons. The van der Waals surface area contributed by atoms with Crippen LogP contribution in [-0.2, 0) is 14.3 Å². The minimum atomic E-state index is -0.434. The number of rotatable bonds is 3. The molecular weight excluding hydrogens is 244 g/mol. The van der Waals surface area contributed by atoms with E-state index in [2.05, 4.69) is 6.58 Å². The summed E-state index contributed by atoms with van der Waals surface area (Å²) in [6.07, 6.45) is 3.87. The normalized spacial score (nSPS) is 16.9. The first-order valence-corrected chi connectivity index (χ1v) is 6.24. The molecule has 4 nitrogen and oxygen atoms in total. The molecule has 1 saturated heterocycles. The van der Waals surface area contributed by atoms with Crippen molar-refractivity contribution in [1.29, 1.82) is 0 Å². The average Bonchev–Trinajstić information content (AvgIpc) is 2.86. The molecule has 1 atom stereocenters. The number of esters is 2. The molecule has 0 saturated carbocycles. The van der Waals surface area contributed by atoms with E-state index in [4.69, 9.17) is 9.47 Å². The first kappa shape index (κ1) is 15.0. The Morgan fingerprint density at radius 1 is 1.47 bits per heavy atom. The molecule has 2 rings (SSSR count). The lowest BCUT2D eigenvalue weighted by Crippen LogP contribution is -2.03. The van der Waals surface area contributed by atoms with E-state index in [0.717, 1.165) is 18.9 Å². The van der Waals surface area contributed by atoms with Crippen LogP contribution in [0.2, 0.25) is 0 Å². The number of hydrogen-bond acceptors (Lipinski definition) is 4. The fourth-order valence-corrected chi connectivity index (χ4v) is 1.52. The van der Waals surface area contributed by atoms with E-state index in [9.17, 15) is 9.59 Å². The van der Waals surface area contributed by atoms with Gasteiger partial charge in [-0.3, -0.25) is 4.79 Å². The third-order valence-electron chi connectivity index (χ3n) is 2.55. The molecule has 0 bridgehead atoms. The second-order valence-corrected chi connectivity index (χ2v) is 4.00. The van der Waals surface area contributed by atoms with Crippen LogP contribution in [0.1, 0.15) is 26.2 Å². The van der Waals surface area contributed by atoms with Gasteiger partial charge in [-0.25, -0.2) is 4.79 Å². The van der Waals surface area contributed by atoms with Gasteiger partial charge >= 0.3 is 11.9 Å². The van der Waals surface area contributed by atoms with Crippen molar-refractivity contribution in [3.8, 4) is 5.75 Å². The largest absolute Gasteiger partial charge is 0.462 e. The fourth-order valence-electron chi connectivity index (χ4n) is 1.52. The van der Waals surface area contributed by atoms with Gasteiger partial charge in [-0.05, 0) is 25.0 Å². The predicted molar refractivity (Wildman–Crippen MR) is 71.7 cm³/mol. The van der Waals surface area contributed by atoms with Gasteiger partial charge in [-0.1, -0.05) is 31.7 Å². The van der Waals surface area contributed by atoms with Crippen LogP contribution >= 0.6 is 0 Å². The highest BCUT2D eigenvalue weighted by Crippen LogP contribution is 2.15. The highest BCUT2D eigenvalue weighted by atomic mass is 16.5. The summed E-state index contributed by atoms with van der Waals surface area (Å²) in [5, 5.41) is 0. The average molecular weight is 262 g/mol. The van der Waals surface area contributed by atoms with E-state index in [0.29, 0.717) is 12.2 Å². The van der Waals surface area contributed by atoms with Crippen LogP contribution in [0.3, 0.4) is 0 Å². The summed E-state index contributed by atoms with van der Waals surface area (Å²) in [5.74, 6) is 0.0745. The number of para-hydroxylation sites is 1. The zero-order valence-electron chi connectivity index (χ0n) is 11.0. The van der Waals surface area contributed by atoms with Crippen molar-refractivity contribution in [2.24, 2.45) is 0 Å². The van der Waals surface area contributed by atoms with Crippen LogP contribution in [0.4, 0.5) is 0 Å². The number of carbonyl (C=O) groups excluding carboxylic acids is 2. The Labute approximate surface area is 113 Å². The van der Waals surface area contributed by atoms with Gasteiger partial charge in [0.05, 0.1) is 0 Å². The topological polar surface area (TPSA) is 52.6 Å². The van der Waals surface area contributed by atoms with Gasteiger partial charge in [0.15, 0.2) is 0 Å². The van der Waals surface area contributed by atoms with Crippen LogP contribution in [0.5, 0.6) is 5.75 Å². The van der Waals surface area contributed by atoms with Gasteiger partial charge in [-0.15, -0.1) is 0 Å². The van der Waals surface area contributed by atoms with Crippen LogP contribution in [-0.4, -0.2) is 18.0 Å². The van der Waals surface area contributed by atoms with Crippen LogP contribution in [0, 0.1) is 0 Å². The Morgan fingerprint density at radius 2 is 2.16 bits per heavy atom. The lowest BCUT2D eigenvalue weighted by atomic mass is 10.2. The number of carbonyl (C=O) groups is 2. The monoisotopic (exact) mass is 262 g/mol. The minimum Gasteiger partial charge on any atom is -0.462 e. The number of ether oxygens (including phenoxy) is 2. The fraction of sp³-hybridized carbons (Fsp3) is 0.333. The van der Waals surface area contributed by atoms with Crippen molar-refractivity contribution in [1.82, 2.24) is 0 Å². The van der Waals surface area contributed by atoms with E-state index in [1.165, 1.54) is 0 Å². The van der Waals surface area contributed by atoms with Gasteiger partial charge in [0.1, 0.15) is 11.9 Å². The maximum absolute atomic E-state index is 10.6. The molecule has 4 heteroatoms. The van der Waals surface area contributed by atoms with Crippen molar-refractivity contribution in [2.45, 2.75) is 32.3 Å². The summed E-state index contributed by atoms with van der Waals surface area (Å²) in [6, 6.07) is 8.87. The second kappa shape index (κ2) is 8.08. The SMILES string of the molecule is C=CC(=O)Oc1ccccc1.CCC1CCC(=O)O1. The first-order chi connectivity index (χ1) is 9.15. The first-order valence-electron chi connectivity index (χ1n) is 6.24. The molecule has 0 aromatic heterocycles. The minimum absolute atomic E-state index is 0.0307. The van der Waals surface area contributed by atoms with Gasteiger partial charge in [0.25, 0.3) is 0 Å². The molecule has 1 unspecified atom stereocenters. The van der Waals surface area contributed by atoms with E-state index < -0.39 is 5.97 Å². The highest BCUT2D eigenvalue weighted by molar-refractivity contribution is 5.83. The van der Waals surface area contributed by atoms with E-state index in [1.807, 2.05) is 13.0 Å². The Balaban J connectivity index is 0.000000200. The molecule has 1 fully saturated rings. The molecule has 0 amide bonds. The molecule has 1 heterocycles. The smallest absolute Gasteiger partial charge is 0.335 e. The van der Waals surface area contributed by atoms with Crippen LogP contribution in [0.15, 0.2) is 43.0 Å².